The fraction of sp³-hybridized carbons (Fsp3) is 0.939. The molecule has 0 aliphatic heterocycles. The number of carbonyl (C=O) groups is 4. The van der Waals surface area contributed by atoms with Crippen LogP contribution in [-0.2, 0) is 52.3 Å². The highest BCUT2D eigenvalue weighted by Gasteiger charge is 2.19. The molecule has 0 saturated heterocycles. The summed E-state index contributed by atoms with van der Waals surface area (Å²) in [5, 5.41) is 0. The van der Waals surface area contributed by atoms with Crippen molar-refractivity contribution in [3.8, 4) is 0 Å². The Balaban J connectivity index is 4.83. The number of esters is 4. The molecule has 2 atom stereocenters. The van der Waals surface area contributed by atoms with Gasteiger partial charge in [0.1, 0.15) is 13.2 Å². The lowest BCUT2D eigenvalue weighted by Crippen LogP contribution is -2.30. The minimum atomic E-state index is -0.691. The van der Waals surface area contributed by atoms with Gasteiger partial charge in [-0.3, -0.25) is 19.2 Å². The molecule has 77 heavy (non-hydrogen) atoms. The quantitative estimate of drug-likeness (QED) is 0.0327. The number of ether oxygens (including phenoxy) is 7. The van der Waals surface area contributed by atoms with E-state index in [9.17, 15) is 19.2 Å². The van der Waals surface area contributed by atoms with Crippen LogP contribution in [0, 0.1) is 0 Å². The van der Waals surface area contributed by atoms with Crippen molar-refractivity contribution in [2.24, 2.45) is 0 Å². The SMILES string of the molecule is CCCCCCCCCCCCCC(=O)OC[C@@H](COCCOCCOC[C@H](COC(=O)CCCCCCCCCCCCC)OC(=O)CCCCCCCCCCCCC)OC(=O)CCCCCCCCCCCCC. The van der Waals surface area contributed by atoms with Gasteiger partial charge in [0.15, 0.2) is 12.2 Å². The molecule has 0 N–H and O–H groups in total. The topological polar surface area (TPSA) is 133 Å². The Morgan fingerprint density at radius 2 is 0.429 bits per heavy atom. The van der Waals surface area contributed by atoms with Crippen LogP contribution in [0.3, 0.4) is 0 Å². The van der Waals surface area contributed by atoms with Crippen LogP contribution in [0.5, 0.6) is 0 Å². The Morgan fingerprint density at radius 1 is 0.234 bits per heavy atom. The monoisotopic (exact) mass is 1090 g/mol. The molecule has 0 aromatic rings. The van der Waals surface area contributed by atoms with E-state index < -0.39 is 12.2 Å². The average molecular weight is 1100 g/mol. The van der Waals surface area contributed by atoms with Crippen LogP contribution in [0.25, 0.3) is 0 Å². The van der Waals surface area contributed by atoms with Gasteiger partial charge in [-0.05, 0) is 25.7 Å². The third kappa shape index (κ3) is 59.7. The average Bonchev–Trinajstić information content (AvgIpc) is 3.42. The van der Waals surface area contributed by atoms with Crippen molar-refractivity contribution in [2.75, 3.05) is 52.9 Å². The Bertz CT molecular complexity index is 1150. The van der Waals surface area contributed by atoms with E-state index in [4.69, 9.17) is 33.2 Å². The zero-order chi connectivity index (χ0) is 56.0. The second kappa shape index (κ2) is 62.9. The van der Waals surface area contributed by atoms with E-state index in [0.29, 0.717) is 25.7 Å². The third-order valence-corrected chi connectivity index (χ3v) is 14.7. The van der Waals surface area contributed by atoms with Gasteiger partial charge in [0, 0.05) is 25.7 Å². The number of rotatable bonds is 64. The van der Waals surface area contributed by atoms with Crippen molar-refractivity contribution in [3.63, 3.8) is 0 Å². The van der Waals surface area contributed by atoms with Gasteiger partial charge in [-0.1, -0.05) is 285 Å². The lowest BCUT2D eigenvalue weighted by molar-refractivity contribution is -0.163. The first-order chi connectivity index (χ1) is 37.9. The van der Waals surface area contributed by atoms with E-state index in [1.165, 1.54) is 205 Å². The second-order valence-electron chi connectivity index (χ2n) is 22.5. The van der Waals surface area contributed by atoms with Crippen molar-refractivity contribution >= 4 is 23.9 Å². The molecule has 0 aromatic heterocycles. The number of carbonyl (C=O) groups excluding carboxylic acids is 4. The fourth-order valence-electron chi connectivity index (χ4n) is 9.74. The molecule has 0 rings (SSSR count). The van der Waals surface area contributed by atoms with Crippen molar-refractivity contribution < 1.29 is 52.3 Å². The van der Waals surface area contributed by atoms with Gasteiger partial charge < -0.3 is 33.2 Å². The van der Waals surface area contributed by atoms with Crippen LogP contribution in [0.15, 0.2) is 0 Å². The molecule has 11 heteroatoms. The minimum absolute atomic E-state index is 0.0325. The highest BCUT2D eigenvalue weighted by atomic mass is 16.6. The lowest BCUT2D eigenvalue weighted by atomic mass is 10.1. The molecule has 0 aliphatic rings. The van der Waals surface area contributed by atoms with Gasteiger partial charge in [0.25, 0.3) is 0 Å². The van der Waals surface area contributed by atoms with Crippen LogP contribution in [-0.4, -0.2) is 88.9 Å². The van der Waals surface area contributed by atoms with E-state index in [1.54, 1.807) is 0 Å². The molecule has 0 spiro atoms. The summed E-state index contributed by atoms with van der Waals surface area (Å²) in [5.74, 6) is -1.12. The zero-order valence-corrected chi connectivity index (χ0v) is 51.2. The van der Waals surface area contributed by atoms with Gasteiger partial charge in [-0.25, -0.2) is 0 Å². The Labute approximate surface area is 475 Å². The molecule has 456 valence electrons. The van der Waals surface area contributed by atoms with Crippen LogP contribution < -0.4 is 0 Å². The molecular weight excluding hydrogens is 969 g/mol. The van der Waals surface area contributed by atoms with Crippen LogP contribution in [0.2, 0.25) is 0 Å². The maximum atomic E-state index is 12.9. The summed E-state index contributed by atoms with van der Waals surface area (Å²) in [4.78, 5) is 51.2. The first-order valence-corrected chi connectivity index (χ1v) is 33.3. The summed E-state index contributed by atoms with van der Waals surface area (Å²) in [6.45, 7) is 10.2. The van der Waals surface area contributed by atoms with Crippen molar-refractivity contribution in [1.29, 1.82) is 0 Å². The fourth-order valence-corrected chi connectivity index (χ4v) is 9.74. The molecule has 0 amide bonds. The van der Waals surface area contributed by atoms with Crippen molar-refractivity contribution in [2.45, 2.75) is 348 Å². The molecule has 0 unspecified atom stereocenters. The Kier molecular flexibility index (Phi) is 61.1. The first kappa shape index (κ1) is 74.8. The van der Waals surface area contributed by atoms with Crippen LogP contribution in [0.1, 0.15) is 336 Å². The van der Waals surface area contributed by atoms with Gasteiger partial charge in [0.05, 0.1) is 39.6 Å². The number of hydrogen-bond acceptors (Lipinski definition) is 11. The second-order valence-corrected chi connectivity index (χ2v) is 22.5. The Morgan fingerprint density at radius 3 is 0.662 bits per heavy atom. The molecule has 0 aliphatic carbocycles. The summed E-state index contributed by atoms with van der Waals surface area (Å²) in [6.07, 6.45) is 53.3. The summed E-state index contributed by atoms with van der Waals surface area (Å²) in [6, 6.07) is 0. The predicted molar refractivity (Wildman–Crippen MR) is 318 cm³/mol. The molecule has 0 saturated carbocycles. The van der Waals surface area contributed by atoms with Gasteiger partial charge >= 0.3 is 23.9 Å². The number of hydrogen-bond donors (Lipinski definition) is 0. The predicted octanol–water partition coefficient (Wildman–Crippen LogP) is 18.8. The molecule has 11 nitrogen and oxygen atoms in total. The maximum Gasteiger partial charge on any atom is 0.306 e. The van der Waals surface area contributed by atoms with E-state index in [1.807, 2.05) is 0 Å². The molecule has 0 bridgehead atoms. The lowest BCUT2D eigenvalue weighted by Gasteiger charge is -2.19. The van der Waals surface area contributed by atoms with E-state index in [0.717, 1.165) is 77.0 Å². The Hall–Kier alpha value is -2.24. The third-order valence-electron chi connectivity index (χ3n) is 14.7. The molecule has 0 aromatic carbocycles. The standard InChI is InChI=1S/C66H126O11/c1-5-9-13-17-21-25-29-33-37-41-45-49-63(67)74-59-61(76-65(69)51-47-43-39-35-31-27-23-19-15-11-7-3)57-72-55-53-71-54-56-73-58-62(77-66(70)52-48-44-40-36-32-28-24-20-16-12-8-4)60-75-64(68)50-46-42-38-34-30-26-22-18-14-10-6-2/h61-62H,5-60H2,1-4H3/t61-,62-/m1/s1. The van der Waals surface area contributed by atoms with E-state index in [-0.39, 0.29) is 76.7 Å². The van der Waals surface area contributed by atoms with Gasteiger partial charge in [-0.15, -0.1) is 0 Å². The highest BCUT2D eigenvalue weighted by molar-refractivity contribution is 5.71. The number of unbranched alkanes of at least 4 members (excludes halogenated alkanes) is 40. The van der Waals surface area contributed by atoms with Crippen molar-refractivity contribution in [1.82, 2.24) is 0 Å². The summed E-state index contributed by atoms with van der Waals surface area (Å²) in [7, 11) is 0. The molecular formula is C66H126O11. The maximum absolute atomic E-state index is 12.9. The molecule has 0 heterocycles. The van der Waals surface area contributed by atoms with Gasteiger partial charge in [0.2, 0.25) is 0 Å². The smallest absolute Gasteiger partial charge is 0.306 e. The van der Waals surface area contributed by atoms with E-state index in [2.05, 4.69) is 27.7 Å². The summed E-state index contributed by atoms with van der Waals surface area (Å²) < 4.78 is 40.3. The summed E-state index contributed by atoms with van der Waals surface area (Å²) >= 11 is 0. The molecule has 0 fully saturated rings. The van der Waals surface area contributed by atoms with Gasteiger partial charge in [-0.2, -0.15) is 0 Å². The van der Waals surface area contributed by atoms with Crippen LogP contribution in [0.4, 0.5) is 0 Å². The zero-order valence-electron chi connectivity index (χ0n) is 51.2. The summed E-state index contributed by atoms with van der Waals surface area (Å²) in [5.41, 5.74) is 0. The highest BCUT2D eigenvalue weighted by Crippen LogP contribution is 2.17. The molecule has 0 radical (unpaired) electrons. The van der Waals surface area contributed by atoms with E-state index >= 15 is 0 Å². The first-order valence-electron chi connectivity index (χ1n) is 33.3. The minimum Gasteiger partial charge on any atom is -0.462 e. The van der Waals surface area contributed by atoms with Crippen LogP contribution >= 0.6 is 0 Å². The van der Waals surface area contributed by atoms with Crippen molar-refractivity contribution in [3.05, 3.63) is 0 Å². The normalized spacial score (nSPS) is 12.2. The largest absolute Gasteiger partial charge is 0.462 e.